The van der Waals surface area contributed by atoms with Gasteiger partial charge < -0.3 is 0 Å². The molecule has 0 rings (SSSR count). The highest BCUT2D eigenvalue weighted by Gasteiger charge is 1.88. The van der Waals surface area contributed by atoms with Crippen LogP contribution >= 0.6 is 0 Å². The molecule has 0 aliphatic rings. The van der Waals surface area contributed by atoms with Crippen molar-refractivity contribution in [2.45, 2.75) is 13.8 Å². The largest absolute Gasteiger partial charge is 0.288 e. The molecule has 0 fully saturated rings. The third kappa shape index (κ3) is 6.80. The van der Waals surface area contributed by atoms with Crippen LogP contribution in [0, 0.1) is 0 Å². The van der Waals surface area contributed by atoms with Crippen LogP contribution in [0.25, 0.3) is 0 Å². The van der Waals surface area contributed by atoms with Crippen LogP contribution in [0.2, 0.25) is 0 Å². The summed E-state index contributed by atoms with van der Waals surface area (Å²) in [7, 11) is 0. The van der Waals surface area contributed by atoms with Crippen molar-refractivity contribution in [3.63, 3.8) is 0 Å². The maximum atomic E-state index is 10.7. The molecule has 0 saturated carbocycles. The predicted molar refractivity (Wildman–Crippen MR) is 45.8 cm³/mol. The second kappa shape index (κ2) is 7.02. The van der Waals surface area contributed by atoms with Crippen molar-refractivity contribution in [3.05, 3.63) is 24.3 Å². The summed E-state index contributed by atoms with van der Waals surface area (Å²) in [6.07, 6.45) is 6.97. The average molecular weight is 154 g/mol. The summed E-state index contributed by atoms with van der Waals surface area (Å²) in [4.78, 5) is 10.7. The van der Waals surface area contributed by atoms with Gasteiger partial charge in [0.2, 0.25) is 0 Å². The fourth-order valence-electron chi connectivity index (χ4n) is 0.508. The lowest BCUT2D eigenvalue weighted by Crippen LogP contribution is -2.36. The second-order valence-corrected chi connectivity index (χ2v) is 1.94. The Bertz CT molecular complexity index is 161. The highest BCUT2D eigenvalue weighted by molar-refractivity contribution is 5.86. The summed E-state index contributed by atoms with van der Waals surface area (Å²) in [6, 6.07) is 0. The molecule has 62 valence electrons. The minimum Gasteiger partial charge on any atom is -0.288 e. The first kappa shape index (κ1) is 9.91. The summed E-state index contributed by atoms with van der Waals surface area (Å²) < 4.78 is 0. The van der Waals surface area contributed by atoms with Crippen molar-refractivity contribution in [2.75, 3.05) is 6.54 Å². The molecular formula is C8H14N2O. The maximum Gasteiger partial charge on any atom is 0.257 e. The normalized spacial score (nSPS) is 11.1. The first-order chi connectivity index (χ1) is 5.31. The molecule has 1 amide bonds. The third-order valence-electron chi connectivity index (χ3n) is 0.985. The van der Waals surface area contributed by atoms with Gasteiger partial charge in [0.1, 0.15) is 0 Å². The molecule has 0 saturated heterocycles. The minimum atomic E-state index is -0.128. The van der Waals surface area contributed by atoms with Gasteiger partial charge in [0.15, 0.2) is 0 Å². The van der Waals surface area contributed by atoms with Crippen molar-refractivity contribution < 1.29 is 4.79 Å². The molecule has 0 heterocycles. The standard InChI is InChI=1S/C8H14N2O/c1-3-5-7-9-10-8(11)6-4-2/h3-6,9H,7H2,1-2H3,(H,10,11)/b5-3?,6-4+. The highest BCUT2D eigenvalue weighted by Crippen LogP contribution is 1.69. The van der Waals surface area contributed by atoms with Crippen molar-refractivity contribution in [1.82, 2.24) is 10.9 Å². The van der Waals surface area contributed by atoms with E-state index < -0.39 is 0 Å². The SMILES string of the molecule is CC=CCNNC(=O)/C=C/C. The lowest BCUT2D eigenvalue weighted by Gasteiger charge is -1.99. The zero-order chi connectivity index (χ0) is 8.53. The van der Waals surface area contributed by atoms with Crippen LogP contribution < -0.4 is 10.9 Å². The lowest BCUT2D eigenvalue weighted by molar-refractivity contribution is -0.117. The van der Waals surface area contributed by atoms with Crippen LogP contribution in [-0.4, -0.2) is 12.5 Å². The Morgan fingerprint density at radius 1 is 1.36 bits per heavy atom. The molecule has 0 radical (unpaired) electrons. The number of hydrogen-bond acceptors (Lipinski definition) is 2. The van der Waals surface area contributed by atoms with Gasteiger partial charge in [0.05, 0.1) is 0 Å². The minimum absolute atomic E-state index is 0.128. The number of rotatable bonds is 4. The summed E-state index contributed by atoms with van der Waals surface area (Å²) >= 11 is 0. The Hall–Kier alpha value is -1.09. The first-order valence-corrected chi connectivity index (χ1v) is 3.58. The summed E-state index contributed by atoms with van der Waals surface area (Å²) in [5.74, 6) is -0.128. The molecular weight excluding hydrogens is 140 g/mol. The fourth-order valence-corrected chi connectivity index (χ4v) is 0.508. The Morgan fingerprint density at radius 2 is 2.09 bits per heavy atom. The average Bonchev–Trinajstić information content (AvgIpc) is 1.99. The number of hydrogen-bond donors (Lipinski definition) is 2. The molecule has 3 nitrogen and oxygen atoms in total. The van der Waals surface area contributed by atoms with Gasteiger partial charge in [-0.25, -0.2) is 5.43 Å². The van der Waals surface area contributed by atoms with E-state index in [9.17, 15) is 4.79 Å². The van der Waals surface area contributed by atoms with Crippen LogP contribution in [-0.2, 0) is 4.79 Å². The van der Waals surface area contributed by atoms with Crippen LogP contribution in [0.3, 0.4) is 0 Å². The van der Waals surface area contributed by atoms with E-state index in [1.807, 2.05) is 19.1 Å². The van der Waals surface area contributed by atoms with Gasteiger partial charge in [-0.1, -0.05) is 18.2 Å². The molecule has 0 aromatic carbocycles. The van der Waals surface area contributed by atoms with E-state index in [2.05, 4.69) is 10.9 Å². The molecule has 2 N–H and O–H groups in total. The summed E-state index contributed by atoms with van der Waals surface area (Å²) in [6.45, 7) is 4.38. The Kier molecular flexibility index (Phi) is 6.33. The van der Waals surface area contributed by atoms with Crippen molar-refractivity contribution in [1.29, 1.82) is 0 Å². The van der Waals surface area contributed by atoms with Crippen LogP contribution in [0.5, 0.6) is 0 Å². The number of carbonyl (C=O) groups is 1. The van der Waals surface area contributed by atoms with Gasteiger partial charge in [0, 0.05) is 6.54 Å². The first-order valence-electron chi connectivity index (χ1n) is 3.58. The van der Waals surface area contributed by atoms with Gasteiger partial charge in [-0.3, -0.25) is 10.2 Å². The van der Waals surface area contributed by atoms with Gasteiger partial charge in [-0.2, -0.15) is 0 Å². The molecule has 0 aliphatic carbocycles. The molecule has 0 spiro atoms. The Morgan fingerprint density at radius 3 is 2.64 bits per heavy atom. The molecule has 0 aliphatic heterocycles. The number of hydrazine groups is 1. The highest BCUT2D eigenvalue weighted by atomic mass is 16.2. The van der Waals surface area contributed by atoms with Crippen molar-refractivity contribution in [2.24, 2.45) is 0 Å². The van der Waals surface area contributed by atoms with Crippen LogP contribution in [0.15, 0.2) is 24.3 Å². The van der Waals surface area contributed by atoms with Gasteiger partial charge >= 0.3 is 0 Å². The topological polar surface area (TPSA) is 41.1 Å². The van der Waals surface area contributed by atoms with E-state index in [1.54, 1.807) is 13.0 Å². The summed E-state index contributed by atoms with van der Waals surface area (Å²) in [5, 5.41) is 0. The smallest absolute Gasteiger partial charge is 0.257 e. The molecule has 11 heavy (non-hydrogen) atoms. The van der Waals surface area contributed by atoms with Gasteiger partial charge in [0.25, 0.3) is 5.91 Å². The fraction of sp³-hybridized carbons (Fsp3) is 0.375. The van der Waals surface area contributed by atoms with E-state index in [0.29, 0.717) is 6.54 Å². The quantitative estimate of drug-likeness (QED) is 0.272. The van der Waals surface area contributed by atoms with Crippen LogP contribution in [0.1, 0.15) is 13.8 Å². The van der Waals surface area contributed by atoms with Crippen molar-refractivity contribution >= 4 is 5.91 Å². The number of allylic oxidation sites excluding steroid dienone is 2. The van der Waals surface area contributed by atoms with E-state index >= 15 is 0 Å². The Labute approximate surface area is 67.1 Å². The Balaban J connectivity index is 3.31. The van der Waals surface area contributed by atoms with E-state index in [1.165, 1.54) is 6.08 Å². The summed E-state index contributed by atoms with van der Waals surface area (Å²) in [5.41, 5.74) is 5.22. The third-order valence-corrected chi connectivity index (χ3v) is 0.985. The second-order valence-electron chi connectivity index (χ2n) is 1.94. The molecule has 0 atom stereocenters. The van der Waals surface area contributed by atoms with Crippen LogP contribution in [0.4, 0.5) is 0 Å². The molecule has 3 heteroatoms. The zero-order valence-corrected chi connectivity index (χ0v) is 6.92. The number of nitrogens with one attached hydrogen (secondary N) is 2. The molecule has 0 aromatic rings. The van der Waals surface area contributed by atoms with E-state index in [4.69, 9.17) is 0 Å². The van der Waals surface area contributed by atoms with E-state index in [-0.39, 0.29) is 5.91 Å². The van der Waals surface area contributed by atoms with Gasteiger partial charge in [-0.15, -0.1) is 0 Å². The number of amides is 1. The maximum absolute atomic E-state index is 10.7. The monoisotopic (exact) mass is 154 g/mol. The molecule has 0 aromatic heterocycles. The van der Waals surface area contributed by atoms with Crippen molar-refractivity contribution in [3.8, 4) is 0 Å². The molecule has 0 bridgehead atoms. The van der Waals surface area contributed by atoms with Gasteiger partial charge in [-0.05, 0) is 19.9 Å². The number of carbonyl (C=O) groups excluding carboxylic acids is 1. The predicted octanol–water partition coefficient (Wildman–Crippen LogP) is 0.759. The van der Waals surface area contributed by atoms with E-state index in [0.717, 1.165) is 0 Å². The molecule has 0 unspecified atom stereocenters. The zero-order valence-electron chi connectivity index (χ0n) is 6.92. The lowest BCUT2D eigenvalue weighted by atomic mass is 10.5.